The Hall–Kier alpha value is -3.90. The molecule has 0 spiro atoms. The van der Waals surface area contributed by atoms with Crippen molar-refractivity contribution in [1.29, 1.82) is 0 Å². The first kappa shape index (κ1) is 20.4. The molecule has 4 rings (SSSR count). The highest BCUT2D eigenvalue weighted by atomic mass is 35.5. The number of rotatable bonds is 5. The molecule has 3 aromatic carbocycles. The highest BCUT2D eigenvalue weighted by molar-refractivity contribution is 6.31. The zero-order valence-electron chi connectivity index (χ0n) is 16.1. The first-order valence-corrected chi connectivity index (χ1v) is 9.71. The van der Waals surface area contributed by atoms with Gasteiger partial charge < -0.3 is 10.2 Å². The number of fused-ring (bicyclic) bond motifs is 1. The van der Waals surface area contributed by atoms with E-state index in [1.807, 2.05) is 6.07 Å². The van der Waals surface area contributed by atoms with Crippen molar-refractivity contribution in [2.45, 2.75) is 6.54 Å². The van der Waals surface area contributed by atoms with Gasteiger partial charge >= 0.3 is 11.9 Å². The summed E-state index contributed by atoms with van der Waals surface area (Å²) in [6.45, 7) is 0.0471. The molecule has 0 aliphatic rings. The third kappa shape index (κ3) is 3.81. The largest absolute Gasteiger partial charge is 0.478 e. The lowest BCUT2D eigenvalue weighted by Crippen LogP contribution is -2.28. The fourth-order valence-corrected chi connectivity index (χ4v) is 3.83. The molecule has 0 atom stereocenters. The number of hydrogen-bond acceptors (Lipinski definition) is 3. The number of pyridine rings is 1. The standard InChI is InChI=1S/C24H16ClNO5/c25-17-9-10-18-19(12-17)20(15-7-4-8-16(11-15)23(28)29)21(24(30)31)26(22(18)27)13-14-5-2-1-3-6-14/h1-12H,13H2,(H,28,29)(H,30,31). The fraction of sp³-hybridized carbons (Fsp3) is 0.0417. The SMILES string of the molecule is O=C(O)c1cccc(-c2c(C(=O)O)n(Cc3ccccc3)c(=O)c3ccc(Cl)cc23)c1. The second-order valence-electron chi connectivity index (χ2n) is 6.98. The maximum absolute atomic E-state index is 13.3. The summed E-state index contributed by atoms with van der Waals surface area (Å²) in [5, 5.41) is 20.5. The van der Waals surface area contributed by atoms with Crippen molar-refractivity contribution < 1.29 is 19.8 Å². The van der Waals surface area contributed by atoms with Gasteiger partial charge in [0, 0.05) is 16.0 Å². The number of aromatic nitrogens is 1. The third-order valence-electron chi connectivity index (χ3n) is 5.02. The van der Waals surface area contributed by atoms with E-state index in [2.05, 4.69) is 0 Å². The van der Waals surface area contributed by atoms with Crippen LogP contribution in [-0.2, 0) is 6.54 Å². The third-order valence-corrected chi connectivity index (χ3v) is 5.25. The van der Waals surface area contributed by atoms with Gasteiger partial charge in [0.15, 0.2) is 0 Å². The Morgan fingerprint density at radius 2 is 1.58 bits per heavy atom. The van der Waals surface area contributed by atoms with Crippen molar-refractivity contribution in [2.75, 3.05) is 0 Å². The number of carbonyl (C=O) groups is 2. The lowest BCUT2D eigenvalue weighted by molar-refractivity contribution is 0.0679. The van der Waals surface area contributed by atoms with Crippen molar-refractivity contribution in [3.8, 4) is 11.1 Å². The van der Waals surface area contributed by atoms with E-state index in [0.717, 1.165) is 5.56 Å². The highest BCUT2D eigenvalue weighted by Gasteiger charge is 2.24. The molecule has 7 heteroatoms. The quantitative estimate of drug-likeness (QED) is 0.472. The highest BCUT2D eigenvalue weighted by Crippen LogP contribution is 2.33. The van der Waals surface area contributed by atoms with E-state index in [4.69, 9.17) is 11.6 Å². The van der Waals surface area contributed by atoms with Gasteiger partial charge in [-0.25, -0.2) is 9.59 Å². The molecule has 1 aromatic heterocycles. The number of carboxylic acid groups (broad SMARTS) is 2. The molecule has 0 unspecified atom stereocenters. The van der Waals surface area contributed by atoms with Gasteiger partial charge in [0.2, 0.25) is 0 Å². The minimum absolute atomic E-state index is 0.00447. The molecule has 0 saturated carbocycles. The topological polar surface area (TPSA) is 96.6 Å². The first-order chi connectivity index (χ1) is 14.9. The molecule has 1 heterocycles. The van der Waals surface area contributed by atoms with Gasteiger partial charge in [-0.05, 0) is 46.8 Å². The van der Waals surface area contributed by atoms with Gasteiger partial charge in [0.1, 0.15) is 5.69 Å². The van der Waals surface area contributed by atoms with Crippen LogP contribution in [0.4, 0.5) is 0 Å². The van der Waals surface area contributed by atoms with Crippen molar-refractivity contribution >= 4 is 34.3 Å². The molecule has 0 radical (unpaired) electrons. The van der Waals surface area contributed by atoms with E-state index in [1.54, 1.807) is 42.5 Å². The van der Waals surface area contributed by atoms with Crippen LogP contribution in [-0.4, -0.2) is 26.7 Å². The molecule has 2 N–H and O–H groups in total. The molecule has 0 bridgehead atoms. The number of carboxylic acids is 2. The number of hydrogen-bond donors (Lipinski definition) is 2. The van der Waals surface area contributed by atoms with Crippen LogP contribution in [0.25, 0.3) is 21.9 Å². The molecule has 0 aliphatic carbocycles. The van der Waals surface area contributed by atoms with E-state index < -0.39 is 17.5 Å². The lowest BCUT2D eigenvalue weighted by Gasteiger charge is -2.18. The van der Waals surface area contributed by atoms with Crippen LogP contribution in [0, 0.1) is 0 Å². The molecule has 31 heavy (non-hydrogen) atoms. The van der Waals surface area contributed by atoms with Gasteiger partial charge in [0.05, 0.1) is 12.1 Å². The monoisotopic (exact) mass is 433 g/mol. The summed E-state index contributed by atoms with van der Waals surface area (Å²) in [5.74, 6) is -2.44. The van der Waals surface area contributed by atoms with Crippen LogP contribution < -0.4 is 5.56 Å². The molecule has 0 amide bonds. The van der Waals surface area contributed by atoms with Gasteiger partial charge in [-0.3, -0.25) is 9.36 Å². The van der Waals surface area contributed by atoms with E-state index in [-0.39, 0.29) is 23.4 Å². The number of benzene rings is 3. The molecule has 6 nitrogen and oxygen atoms in total. The van der Waals surface area contributed by atoms with Gasteiger partial charge in [0.25, 0.3) is 5.56 Å². The van der Waals surface area contributed by atoms with E-state index >= 15 is 0 Å². The van der Waals surface area contributed by atoms with Crippen molar-refractivity contribution in [2.24, 2.45) is 0 Å². The number of aromatic carboxylic acids is 2. The second kappa shape index (κ2) is 8.08. The summed E-state index contributed by atoms with van der Waals surface area (Å²) in [5.41, 5.74) is 0.669. The Morgan fingerprint density at radius 3 is 2.26 bits per heavy atom. The summed E-state index contributed by atoms with van der Waals surface area (Å²) < 4.78 is 1.21. The van der Waals surface area contributed by atoms with E-state index in [9.17, 15) is 24.6 Å². The van der Waals surface area contributed by atoms with E-state index in [1.165, 1.54) is 28.8 Å². The van der Waals surface area contributed by atoms with Crippen molar-refractivity contribution in [1.82, 2.24) is 4.57 Å². The normalized spacial score (nSPS) is 10.9. The second-order valence-corrected chi connectivity index (χ2v) is 7.42. The van der Waals surface area contributed by atoms with E-state index in [0.29, 0.717) is 21.4 Å². The zero-order chi connectivity index (χ0) is 22.1. The maximum Gasteiger partial charge on any atom is 0.353 e. The summed E-state index contributed by atoms with van der Waals surface area (Å²) in [6.07, 6.45) is 0. The van der Waals surface area contributed by atoms with Gasteiger partial charge in [-0.2, -0.15) is 0 Å². The fourth-order valence-electron chi connectivity index (χ4n) is 3.66. The lowest BCUT2D eigenvalue weighted by atomic mass is 9.95. The summed E-state index contributed by atoms with van der Waals surface area (Å²) in [6, 6.07) is 19.6. The molecule has 0 saturated heterocycles. The molecular weight excluding hydrogens is 418 g/mol. The molecular formula is C24H16ClNO5. The van der Waals surface area contributed by atoms with Crippen LogP contribution >= 0.6 is 11.6 Å². The average molecular weight is 434 g/mol. The number of halogens is 1. The van der Waals surface area contributed by atoms with Crippen LogP contribution in [0.3, 0.4) is 0 Å². The van der Waals surface area contributed by atoms with Gasteiger partial charge in [-0.1, -0.05) is 54.1 Å². The minimum Gasteiger partial charge on any atom is -0.478 e. The molecule has 154 valence electrons. The predicted octanol–water partition coefficient (Wildman–Crippen LogP) is 4.77. The molecule has 4 aromatic rings. The Labute approximate surface area is 181 Å². The zero-order valence-corrected chi connectivity index (χ0v) is 16.8. The summed E-state index contributed by atoms with van der Waals surface area (Å²) in [7, 11) is 0. The van der Waals surface area contributed by atoms with Crippen LogP contribution in [0.5, 0.6) is 0 Å². The van der Waals surface area contributed by atoms with Crippen LogP contribution in [0.2, 0.25) is 5.02 Å². The Bertz CT molecular complexity index is 1390. The maximum atomic E-state index is 13.3. The van der Waals surface area contributed by atoms with Crippen molar-refractivity contribution in [3.05, 3.63) is 105 Å². The summed E-state index contributed by atoms with van der Waals surface area (Å²) >= 11 is 6.16. The Morgan fingerprint density at radius 1 is 0.839 bits per heavy atom. The van der Waals surface area contributed by atoms with Gasteiger partial charge in [-0.15, -0.1) is 0 Å². The smallest absolute Gasteiger partial charge is 0.353 e. The molecule has 0 aliphatic heterocycles. The predicted molar refractivity (Wildman–Crippen MR) is 118 cm³/mol. The first-order valence-electron chi connectivity index (χ1n) is 9.34. The van der Waals surface area contributed by atoms with Crippen LogP contribution in [0.15, 0.2) is 77.6 Å². The minimum atomic E-state index is -1.30. The summed E-state index contributed by atoms with van der Waals surface area (Å²) in [4.78, 5) is 37.2. The van der Waals surface area contributed by atoms with Crippen molar-refractivity contribution in [3.63, 3.8) is 0 Å². The number of nitrogens with zero attached hydrogens (tertiary/aromatic N) is 1. The average Bonchev–Trinajstić information content (AvgIpc) is 2.75. The van der Waals surface area contributed by atoms with Crippen LogP contribution in [0.1, 0.15) is 26.4 Å². The molecule has 0 fully saturated rings. The Kier molecular flexibility index (Phi) is 5.31. The Balaban J connectivity index is 2.13.